The van der Waals surface area contributed by atoms with Crippen LogP contribution in [0.15, 0.2) is 71.6 Å². The first-order valence-electron chi connectivity index (χ1n) is 9.85. The van der Waals surface area contributed by atoms with Gasteiger partial charge in [-0.1, -0.05) is 72.0 Å². The highest BCUT2D eigenvalue weighted by Gasteiger charge is 2.33. The molecule has 1 aliphatic rings. The maximum absolute atomic E-state index is 13.0. The van der Waals surface area contributed by atoms with E-state index in [4.69, 9.17) is 21.7 Å². The van der Waals surface area contributed by atoms with Crippen LogP contribution in [0, 0.1) is 10.5 Å². The van der Waals surface area contributed by atoms with Gasteiger partial charge in [0.15, 0.2) is 15.8 Å². The molecule has 4 nitrogen and oxygen atoms in total. The Hall–Kier alpha value is -2.36. The van der Waals surface area contributed by atoms with E-state index >= 15 is 0 Å². The van der Waals surface area contributed by atoms with Gasteiger partial charge in [0.2, 0.25) is 0 Å². The van der Waals surface area contributed by atoms with Gasteiger partial charge in [-0.15, -0.1) is 0 Å². The summed E-state index contributed by atoms with van der Waals surface area (Å²) in [6.07, 6.45) is 1.84. The topological polar surface area (TPSA) is 38.8 Å². The molecule has 0 spiro atoms. The third-order valence-electron chi connectivity index (χ3n) is 4.82. The minimum Gasteiger partial charge on any atom is -0.493 e. The van der Waals surface area contributed by atoms with Crippen LogP contribution in [0.3, 0.4) is 0 Å². The van der Waals surface area contributed by atoms with Crippen molar-refractivity contribution in [3.05, 3.63) is 91.9 Å². The van der Waals surface area contributed by atoms with Crippen LogP contribution in [0.2, 0.25) is 0 Å². The number of anilines is 1. The third-order valence-corrected chi connectivity index (χ3v) is 6.93. The number of amides is 1. The molecule has 32 heavy (non-hydrogen) atoms. The molecule has 0 N–H and O–H groups in total. The van der Waals surface area contributed by atoms with Crippen LogP contribution >= 0.6 is 46.6 Å². The third kappa shape index (κ3) is 5.00. The number of para-hydroxylation sites is 1. The van der Waals surface area contributed by atoms with E-state index in [-0.39, 0.29) is 5.91 Å². The summed E-state index contributed by atoms with van der Waals surface area (Å²) in [7, 11) is 1.61. The van der Waals surface area contributed by atoms with Gasteiger partial charge in [-0.2, -0.15) is 0 Å². The number of hydrogen-bond acceptors (Lipinski definition) is 5. The van der Waals surface area contributed by atoms with Gasteiger partial charge in [-0.3, -0.25) is 9.69 Å². The number of aryl methyl sites for hydroxylation is 1. The summed E-state index contributed by atoms with van der Waals surface area (Å²) < 4.78 is 13.1. The van der Waals surface area contributed by atoms with Crippen molar-refractivity contribution in [3.63, 3.8) is 0 Å². The Morgan fingerprint density at radius 1 is 1.09 bits per heavy atom. The largest absolute Gasteiger partial charge is 0.493 e. The maximum atomic E-state index is 13.0. The molecule has 4 rings (SSSR count). The summed E-state index contributed by atoms with van der Waals surface area (Å²) in [5.74, 6) is 1.18. The second-order valence-electron chi connectivity index (χ2n) is 7.16. The molecule has 1 aliphatic heterocycles. The SMILES string of the molecule is COc1cc(/C=C2/SC(=S)N(c3ccccc3)C2=O)cc(I)c1OCc1cccc(C)c1. The maximum Gasteiger partial charge on any atom is 0.270 e. The minimum absolute atomic E-state index is 0.125. The molecule has 0 aromatic heterocycles. The molecule has 1 heterocycles. The van der Waals surface area contributed by atoms with Gasteiger partial charge in [0.1, 0.15) is 6.61 Å². The first-order chi connectivity index (χ1) is 15.5. The number of carbonyl (C=O) groups is 1. The summed E-state index contributed by atoms with van der Waals surface area (Å²) in [6.45, 7) is 2.51. The molecular weight excluding hydrogens is 553 g/mol. The van der Waals surface area contributed by atoms with Gasteiger partial charge >= 0.3 is 0 Å². The Kier molecular flexibility index (Phi) is 7.17. The average molecular weight is 573 g/mol. The molecule has 1 amide bonds. The average Bonchev–Trinajstić information content (AvgIpc) is 3.06. The highest BCUT2D eigenvalue weighted by atomic mass is 127. The molecule has 3 aromatic rings. The number of hydrogen-bond donors (Lipinski definition) is 0. The fourth-order valence-electron chi connectivity index (χ4n) is 3.34. The molecule has 1 saturated heterocycles. The smallest absolute Gasteiger partial charge is 0.270 e. The van der Waals surface area contributed by atoms with Crippen molar-refractivity contribution in [1.82, 2.24) is 0 Å². The minimum atomic E-state index is -0.125. The fourth-order valence-corrected chi connectivity index (χ4v) is 5.42. The molecule has 0 radical (unpaired) electrons. The summed E-state index contributed by atoms with van der Waals surface area (Å²) in [5.41, 5.74) is 3.90. The van der Waals surface area contributed by atoms with Crippen LogP contribution in [0.1, 0.15) is 16.7 Å². The van der Waals surface area contributed by atoms with Crippen molar-refractivity contribution in [2.24, 2.45) is 0 Å². The van der Waals surface area contributed by atoms with Crippen molar-refractivity contribution in [2.45, 2.75) is 13.5 Å². The summed E-state index contributed by atoms with van der Waals surface area (Å²) in [5, 5.41) is 0. The van der Waals surface area contributed by atoms with Crippen molar-refractivity contribution >= 4 is 68.6 Å². The van der Waals surface area contributed by atoms with Gasteiger partial charge < -0.3 is 9.47 Å². The Labute approximate surface area is 210 Å². The lowest BCUT2D eigenvalue weighted by Gasteiger charge is -2.14. The van der Waals surface area contributed by atoms with E-state index in [1.165, 1.54) is 17.3 Å². The molecule has 162 valence electrons. The van der Waals surface area contributed by atoms with E-state index in [0.29, 0.717) is 27.3 Å². The van der Waals surface area contributed by atoms with Crippen LogP contribution in [-0.2, 0) is 11.4 Å². The zero-order valence-electron chi connectivity index (χ0n) is 17.5. The molecule has 1 fully saturated rings. The Morgan fingerprint density at radius 3 is 2.59 bits per heavy atom. The van der Waals surface area contributed by atoms with E-state index < -0.39 is 0 Å². The van der Waals surface area contributed by atoms with E-state index in [9.17, 15) is 4.79 Å². The van der Waals surface area contributed by atoms with Gasteiger partial charge in [0, 0.05) is 0 Å². The molecule has 0 atom stereocenters. The summed E-state index contributed by atoms with van der Waals surface area (Å²) in [4.78, 5) is 15.1. The van der Waals surface area contributed by atoms with Gasteiger partial charge in [-0.05, 0) is 71.0 Å². The lowest BCUT2D eigenvalue weighted by molar-refractivity contribution is -0.113. The Bertz CT molecular complexity index is 1210. The number of halogens is 1. The number of benzene rings is 3. The fraction of sp³-hybridized carbons (Fsp3) is 0.120. The highest BCUT2D eigenvalue weighted by Crippen LogP contribution is 2.39. The second kappa shape index (κ2) is 10.1. The number of thiocarbonyl (C=S) groups is 1. The van der Waals surface area contributed by atoms with E-state index in [1.807, 2.05) is 60.7 Å². The molecule has 3 aromatic carbocycles. The number of ether oxygens (including phenoxy) is 2. The molecule has 0 aliphatic carbocycles. The second-order valence-corrected chi connectivity index (χ2v) is 10.0. The number of nitrogens with zero attached hydrogens (tertiary/aromatic N) is 1. The first-order valence-corrected chi connectivity index (χ1v) is 12.2. The zero-order chi connectivity index (χ0) is 22.7. The first kappa shape index (κ1) is 22.8. The van der Waals surface area contributed by atoms with Crippen LogP contribution in [-0.4, -0.2) is 17.3 Å². The normalized spacial score (nSPS) is 14.8. The Balaban J connectivity index is 1.58. The monoisotopic (exact) mass is 573 g/mol. The van der Waals surface area contributed by atoms with Gasteiger partial charge in [0.05, 0.1) is 21.3 Å². The summed E-state index contributed by atoms with van der Waals surface area (Å²) in [6, 6.07) is 21.5. The zero-order valence-corrected chi connectivity index (χ0v) is 21.3. The quantitative estimate of drug-likeness (QED) is 0.189. The van der Waals surface area contributed by atoms with Crippen molar-refractivity contribution in [1.29, 1.82) is 0 Å². The Morgan fingerprint density at radius 2 is 1.88 bits per heavy atom. The van der Waals surface area contributed by atoms with E-state index in [1.54, 1.807) is 12.0 Å². The molecule has 7 heteroatoms. The lowest BCUT2D eigenvalue weighted by atomic mass is 10.1. The number of thioether (sulfide) groups is 1. The van der Waals surface area contributed by atoms with Crippen LogP contribution in [0.5, 0.6) is 11.5 Å². The van der Waals surface area contributed by atoms with Gasteiger partial charge in [-0.25, -0.2) is 0 Å². The van der Waals surface area contributed by atoms with E-state index in [2.05, 4.69) is 41.6 Å². The molecule has 0 unspecified atom stereocenters. The predicted octanol–water partition coefficient (Wildman–Crippen LogP) is 6.59. The lowest BCUT2D eigenvalue weighted by Crippen LogP contribution is -2.27. The molecule has 0 bridgehead atoms. The van der Waals surface area contributed by atoms with E-state index in [0.717, 1.165) is 20.4 Å². The van der Waals surface area contributed by atoms with Crippen LogP contribution in [0.25, 0.3) is 6.08 Å². The van der Waals surface area contributed by atoms with Crippen LogP contribution < -0.4 is 14.4 Å². The highest BCUT2D eigenvalue weighted by molar-refractivity contribution is 14.1. The molecule has 0 saturated carbocycles. The standard InChI is InChI=1S/C25H20INO3S2/c1-16-7-6-8-17(11-16)15-30-23-20(26)12-18(13-21(23)29-2)14-22-24(28)27(25(31)32-22)19-9-4-3-5-10-19/h3-14H,15H2,1-2H3/b22-14+. The number of methoxy groups -OCH3 is 1. The van der Waals surface area contributed by atoms with Gasteiger partial charge in [0.25, 0.3) is 5.91 Å². The van der Waals surface area contributed by atoms with Crippen LogP contribution in [0.4, 0.5) is 5.69 Å². The van der Waals surface area contributed by atoms with Crippen molar-refractivity contribution in [3.8, 4) is 11.5 Å². The number of carbonyl (C=O) groups excluding carboxylic acids is 1. The van der Waals surface area contributed by atoms with Crippen molar-refractivity contribution in [2.75, 3.05) is 12.0 Å². The number of rotatable bonds is 6. The summed E-state index contributed by atoms with van der Waals surface area (Å²) >= 11 is 8.99. The predicted molar refractivity (Wildman–Crippen MR) is 143 cm³/mol. The van der Waals surface area contributed by atoms with Crippen molar-refractivity contribution < 1.29 is 14.3 Å². The molecular formula is C25H20INO3S2.